The second kappa shape index (κ2) is 9.35. The fourth-order valence-electron chi connectivity index (χ4n) is 3.32. The van der Waals surface area contributed by atoms with Gasteiger partial charge >= 0.3 is 6.16 Å². The molecule has 0 atom stereocenters. The molecule has 4 rings (SSSR count). The topological polar surface area (TPSA) is 92.3 Å². The van der Waals surface area contributed by atoms with Crippen molar-refractivity contribution < 1.29 is 33.3 Å². The normalized spacial score (nSPS) is 13.2. The highest BCUT2D eigenvalue weighted by Crippen LogP contribution is 2.41. The number of carbonyl (C=O) groups is 2. The highest BCUT2D eigenvalue weighted by Gasteiger charge is 2.26. The maximum Gasteiger partial charge on any atom is 0.519 e. The standard InChI is InChI=1S/C25H21NO7/c1-29-16-8-10-18(11-9-16)33-25(28)32-17-6-4-15(5-7-17)12-20-19-13-22(30-2)23(31-3)14-21(19)26-24(20)27/h4-14H,1-3H3,(H,26,27)/b20-12+. The van der Waals surface area contributed by atoms with Crippen molar-refractivity contribution in [3.63, 3.8) is 0 Å². The van der Waals surface area contributed by atoms with E-state index in [1.54, 1.807) is 73.8 Å². The van der Waals surface area contributed by atoms with Crippen LogP contribution in [0.1, 0.15) is 11.1 Å². The number of fused-ring (bicyclic) bond motifs is 1. The first-order chi connectivity index (χ1) is 16.0. The second-order valence-electron chi connectivity index (χ2n) is 6.96. The van der Waals surface area contributed by atoms with Crippen molar-refractivity contribution in [2.75, 3.05) is 26.6 Å². The van der Waals surface area contributed by atoms with Crippen LogP contribution in [0.4, 0.5) is 10.5 Å². The summed E-state index contributed by atoms with van der Waals surface area (Å²) < 4.78 is 26.1. The predicted molar refractivity (Wildman–Crippen MR) is 122 cm³/mol. The van der Waals surface area contributed by atoms with Gasteiger partial charge in [-0.3, -0.25) is 4.79 Å². The largest absolute Gasteiger partial charge is 0.519 e. The maximum absolute atomic E-state index is 12.5. The molecule has 1 amide bonds. The van der Waals surface area contributed by atoms with Crippen LogP contribution in [0, 0.1) is 0 Å². The van der Waals surface area contributed by atoms with E-state index in [4.69, 9.17) is 23.7 Å². The first kappa shape index (κ1) is 21.8. The lowest BCUT2D eigenvalue weighted by Crippen LogP contribution is -2.13. The first-order valence-electron chi connectivity index (χ1n) is 9.94. The number of amides is 1. The third-order valence-corrected chi connectivity index (χ3v) is 4.96. The molecule has 33 heavy (non-hydrogen) atoms. The van der Waals surface area contributed by atoms with E-state index in [0.717, 1.165) is 5.56 Å². The van der Waals surface area contributed by atoms with Gasteiger partial charge in [0.15, 0.2) is 11.5 Å². The summed E-state index contributed by atoms with van der Waals surface area (Å²) in [4.78, 5) is 24.5. The summed E-state index contributed by atoms with van der Waals surface area (Å²) in [6, 6.07) is 16.7. The summed E-state index contributed by atoms with van der Waals surface area (Å²) >= 11 is 0. The van der Waals surface area contributed by atoms with Crippen molar-refractivity contribution >= 4 is 29.4 Å². The van der Waals surface area contributed by atoms with Crippen LogP contribution in [0.3, 0.4) is 0 Å². The fraction of sp³-hybridized carbons (Fsp3) is 0.120. The Hall–Kier alpha value is -4.46. The lowest BCUT2D eigenvalue weighted by Gasteiger charge is -2.09. The fourth-order valence-corrected chi connectivity index (χ4v) is 3.32. The maximum atomic E-state index is 12.5. The van der Waals surface area contributed by atoms with Crippen molar-refractivity contribution in [2.45, 2.75) is 0 Å². The molecule has 3 aromatic rings. The number of methoxy groups -OCH3 is 3. The van der Waals surface area contributed by atoms with Gasteiger partial charge in [-0.25, -0.2) is 4.79 Å². The molecule has 1 aliphatic rings. The molecule has 168 valence electrons. The van der Waals surface area contributed by atoms with Gasteiger partial charge in [0.25, 0.3) is 5.91 Å². The third-order valence-electron chi connectivity index (χ3n) is 4.96. The summed E-state index contributed by atoms with van der Waals surface area (Å²) in [6.07, 6.45) is 0.878. The Morgan fingerprint density at radius 1 is 0.758 bits per heavy atom. The Labute approximate surface area is 190 Å². The summed E-state index contributed by atoms with van der Waals surface area (Å²) in [7, 11) is 4.63. The number of hydrogen-bond donors (Lipinski definition) is 1. The number of hydrogen-bond acceptors (Lipinski definition) is 7. The van der Waals surface area contributed by atoms with Gasteiger partial charge in [-0.15, -0.1) is 0 Å². The van der Waals surface area contributed by atoms with E-state index in [-0.39, 0.29) is 5.91 Å². The second-order valence-corrected chi connectivity index (χ2v) is 6.96. The Balaban J connectivity index is 1.47. The third kappa shape index (κ3) is 4.74. The molecule has 8 heteroatoms. The molecule has 0 bridgehead atoms. The van der Waals surface area contributed by atoms with Crippen LogP contribution >= 0.6 is 0 Å². The van der Waals surface area contributed by atoms with Crippen LogP contribution in [0.5, 0.6) is 28.7 Å². The van der Waals surface area contributed by atoms with Crippen LogP contribution in [0.25, 0.3) is 11.6 Å². The lowest BCUT2D eigenvalue weighted by molar-refractivity contribution is -0.110. The van der Waals surface area contributed by atoms with E-state index >= 15 is 0 Å². The molecule has 8 nitrogen and oxygen atoms in total. The molecule has 0 fully saturated rings. The van der Waals surface area contributed by atoms with E-state index in [0.29, 0.717) is 45.6 Å². The predicted octanol–water partition coefficient (Wildman–Crippen LogP) is 4.78. The van der Waals surface area contributed by atoms with Gasteiger partial charge in [-0.05, 0) is 54.1 Å². The Morgan fingerprint density at radius 2 is 1.30 bits per heavy atom. The Bertz CT molecular complexity index is 1210. The minimum Gasteiger partial charge on any atom is -0.497 e. The van der Waals surface area contributed by atoms with Crippen LogP contribution in [-0.2, 0) is 4.79 Å². The molecule has 0 unspecified atom stereocenters. The zero-order chi connectivity index (χ0) is 23.4. The monoisotopic (exact) mass is 447 g/mol. The lowest BCUT2D eigenvalue weighted by atomic mass is 10.0. The van der Waals surface area contributed by atoms with Gasteiger partial charge in [-0.2, -0.15) is 0 Å². The van der Waals surface area contributed by atoms with E-state index in [9.17, 15) is 9.59 Å². The smallest absolute Gasteiger partial charge is 0.497 e. The Kier molecular flexibility index (Phi) is 6.17. The van der Waals surface area contributed by atoms with Crippen molar-refractivity contribution in [3.05, 3.63) is 71.8 Å². The molecule has 0 aliphatic carbocycles. The van der Waals surface area contributed by atoms with Crippen molar-refractivity contribution in [1.82, 2.24) is 0 Å². The van der Waals surface area contributed by atoms with E-state index in [2.05, 4.69) is 5.32 Å². The first-order valence-corrected chi connectivity index (χ1v) is 9.94. The highest BCUT2D eigenvalue weighted by molar-refractivity contribution is 6.35. The minimum absolute atomic E-state index is 0.233. The van der Waals surface area contributed by atoms with Gasteiger partial charge in [0, 0.05) is 17.2 Å². The molecule has 0 aromatic heterocycles. The van der Waals surface area contributed by atoms with Crippen LogP contribution in [0.2, 0.25) is 0 Å². The molecule has 1 aliphatic heterocycles. The summed E-state index contributed by atoms with van der Waals surface area (Å²) in [6.45, 7) is 0. The van der Waals surface area contributed by atoms with Crippen LogP contribution < -0.4 is 29.0 Å². The molecule has 3 aromatic carbocycles. The van der Waals surface area contributed by atoms with Crippen LogP contribution in [0.15, 0.2) is 60.7 Å². The zero-order valence-electron chi connectivity index (χ0n) is 18.2. The zero-order valence-corrected chi connectivity index (χ0v) is 18.2. The number of nitrogens with one attached hydrogen (secondary N) is 1. The minimum atomic E-state index is -0.864. The summed E-state index contributed by atoms with van der Waals surface area (Å²) in [5, 5.41) is 2.83. The van der Waals surface area contributed by atoms with Crippen LogP contribution in [-0.4, -0.2) is 33.4 Å². The highest BCUT2D eigenvalue weighted by atomic mass is 16.7. The quantitative estimate of drug-likeness (QED) is 0.330. The van der Waals surface area contributed by atoms with Crippen molar-refractivity contribution in [2.24, 2.45) is 0 Å². The van der Waals surface area contributed by atoms with Gasteiger partial charge in [0.05, 0.1) is 27.0 Å². The molecule has 1 heterocycles. The van der Waals surface area contributed by atoms with Gasteiger partial charge in [0.2, 0.25) is 0 Å². The van der Waals surface area contributed by atoms with E-state index in [1.165, 1.54) is 14.2 Å². The summed E-state index contributed by atoms with van der Waals surface area (Å²) in [5.74, 6) is 2.11. The van der Waals surface area contributed by atoms with Gasteiger partial charge in [-0.1, -0.05) is 12.1 Å². The van der Waals surface area contributed by atoms with Gasteiger partial charge < -0.3 is 29.0 Å². The SMILES string of the molecule is COc1ccc(OC(=O)Oc2ccc(/C=C3/C(=O)Nc4cc(OC)c(OC)cc43)cc2)cc1. The van der Waals surface area contributed by atoms with Gasteiger partial charge in [0.1, 0.15) is 17.2 Å². The number of rotatable bonds is 6. The van der Waals surface area contributed by atoms with Crippen molar-refractivity contribution in [1.29, 1.82) is 0 Å². The van der Waals surface area contributed by atoms with E-state index < -0.39 is 6.16 Å². The number of anilines is 1. The van der Waals surface area contributed by atoms with E-state index in [1.807, 2.05) is 0 Å². The summed E-state index contributed by atoms with van der Waals surface area (Å²) in [5.41, 5.74) is 2.59. The molecule has 0 saturated heterocycles. The average molecular weight is 447 g/mol. The molecule has 0 spiro atoms. The molecular weight excluding hydrogens is 426 g/mol. The molecular formula is C25H21NO7. The molecule has 0 radical (unpaired) electrons. The number of benzene rings is 3. The Morgan fingerprint density at radius 3 is 1.88 bits per heavy atom. The number of ether oxygens (including phenoxy) is 5. The number of carbonyl (C=O) groups excluding carboxylic acids is 2. The molecule has 1 N–H and O–H groups in total. The molecule has 0 saturated carbocycles. The average Bonchev–Trinajstić information content (AvgIpc) is 3.13. The van der Waals surface area contributed by atoms with Crippen molar-refractivity contribution in [3.8, 4) is 28.7 Å².